The number of hydrogen-bond acceptors (Lipinski definition) is 3. The molecule has 98 valence electrons. The first kappa shape index (κ1) is 13.5. The molecule has 2 unspecified atom stereocenters. The molecule has 0 spiro atoms. The van der Waals surface area contributed by atoms with Crippen LogP contribution in [0.15, 0.2) is 33.6 Å². The van der Waals surface area contributed by atoms with E-state index >= 15 is 0 Å². The monoisotopic (exact) mass is 332 g/mol. The van der Waals surface area contributed by atoms with Crippen LogP contribution < -0.4 is 0 Å². The molecule has 1 aromatic carbocycles. The summed E-state index contributed by atoms with van der Waals surface area (Å²) < 4.78 is 24.0. The summed E-state index contributed by atoms with van der Waals surface area (Å²) in [4.78, 5) is 11.4. The van der Waals surface area contributed by atoms with Crippen molar-refractivity contribution in [1.29, 1.82) is 0 Å². The number of halogens is 1. The predicted octanol–water partition coefficient (Wildman–Crippen LogP) is 2.48. The maximum atomic E-state index is 12.4. The highest BCUT2D eigenvalue weighted by Gasteiger charge is 2.68. The highest BCUT2D eigenvalue weighted by molar-refractivity contribution is 9.10. The van der Waals surface area contributed by atoms with Gasteiger partial charge in [0.1, 0.15) is 0 Å². The van der Waals surface area contributed by atoms with Gasteiger partial charge in [-0.3, -0.25) is 4.79 Å². The molecule has 1 aliphatic carbocycles. The number of carbonyl (C=O) groups is 1. The topological polar surface area (TPSA) is 71.4 Å². The molecule has 6 heteroatoms. The molecular weight excluding hydrogens is 320 g/mol. The molecule has 1 aliphatic rings. The van der Waals surface area contributed by atoms with Gasteiger partial charge in [0.25, 0.3) is 0 Å². The van der Waals surface area contributed by atoms with Crippen LogP contribution in [0.25, 0.3) is 0 Å². The lowest BCUT2D eigenvalue weighted by Crippen LogP contribution is -2.34. The lowest BCUT2D eigenvalue weighted by Gasteiger charge is -2.13. The fourth-order valence-corrected chi connectivity index (χ4v) is 4.75. The van der Waals surface area contributed by atoms with Crippen LogP contribution >= 0.6 is 15.9 Å². The van der Waals surface area contributed by atoms with Crippen LogP contribution in [0.4, 0.5) is 0 Å². The summed E-state index contributed by atoms with van der Waals surface area (Å²) in [7, 11) is -3.83. The van der Waals surface area contributed by atoms with Gasteiger partial charge >= 0.3 is 5.97 Å². The van der Waals surface area contributed by atoms with Crippen molar-refractivity contribution in [2.24, 2.45) is 5.92 Å². The van der Waals surface area contributed by atoms with Crippen molar-refractivity contribution in [1.82, 2.24) is 0 Å². The summed E-state index contributed by atoms with van der Waals surface area (Å²) in [5.74, 6) is -1.53. The molecule has 0 aromatic heterocycles. The summed E-state index contributed by atoms with van der Waals surface area (Å²) in [5.41, 5.74) is 0. The lowest BCUT2D eigenvalue weighted by molar-refractivity contribution is -0.137. The summed E-state index contributed by atoms with van der Waals surface area (Å²) in [6.45, 7) is 1.81. The Morgan fingerprint density at radius 2 is 2.00 bits per heavy atom. The van der Waals surface area contributed by atoms with Crippen LogP contribution in [0.5, 0.6) is 0 Å². The van der Waals surface area contributed by atoms with Crippen molar-refractivity contribution < 1.29 is 18.3 Å². The van der Waals surface area contributed by atoms with Gasteiger partial charge in [0.05, 0.1) is 4.90 Å². The molecule has 1 saturated carbocycles. The highest BCUT2D eigenvalue weighted by atomic mass is 79.9. The number of carboxylic acid groups (broad SMARTS) is 1. The van der Waals surface area contributed by atoms with E-state index in [0.717, 1.165) is 4.47 Å². The lowest BCUT2D eigenvalue weighted by atomic mass is 10.2. The van der Waals surface area contributed by atoms with E-state index in [2.05, 4.69) is 15.9 Å². The van der Waals surface area contributed by atoms with E-state index in [1.54, 1.807) is 12.1 Å². The van der Waals surface area contributed by atoms with Crippen molar-refractivity contribution in [3.8, 4) is 0 Å². The van der Waals surface area contributed by atoms with Crippen LogP contribution in [0.1, 0.15) is 19.8 Å². The maximum absolute atomic E-state index is 12.4. The molecular formula is C12H13BrO4S. The van der Waals surface area contributed by atoms with Gasteiger partial charge in [-0.05, 0) is 36.6 Å². The predicted molar refractivity (Wildman–Crippen MR) is 70.1 cm³/mol. The number of sulfone groups is 1. The smallest absolute Gasteiger partial charge is 0.325 e. The van der Waals surface area contributed by atoms with E-state index in [1.807, 2.05) is 6.92 Å². The Kier molecular flexibility index (Phi) is 3.27. The standard InChI is InChI=1S/C12H13BrO4S/c1-2-8-7-12(8,11(14)15)18(16,17)10-5-3-9(13)4-6-10/h3-6,8H,2,7H2,1H3,(H,14,15). The molecule has 0 saturated heterocycles. The summed E-state index contributed by atoms with van der Waals surface area (Å²) in [5, 5.41) is 9.27. The van der Waals surface area contributed by atoms with Crippen molar-refractivity contribution in [2.75, 3.05) is 0 Å². The first-order chi connectivity index (χ1) is 8.36. The fraction of sp³-hybridized carbons (Fsp3) is 0.417. The second-order valence-electron chi connectivity index (χ2n) is 4.46. The molecule has 0 heterocycles. The van der Waals surface area contributed by atoms with Gasteiger partial charge in [-0.15, -0.1) is 0 Å². The zero-order chi connectivity index (χ0) is 13.6. The van der Waals surface area contributed by atoms with Crippen LogP contribution in [0, 0.1) is 5.92 Å². The van der Waals surface area contributed by atoms with Crippen molar-refractivity contribution in [3.63, 3.8) is 0 Å². The van der Waals surface area contributed by atoms with E-state index in [9.17, 15) is 18.3 Å². The molecule has 0 amide bonds. The molecule has 2 rings (SSSR count). The average molecular weight is 333 g/mol. The Balaban J connectivity index is 2.49. The second kappa shape index (κ2) is 4.35. The fourth-order valence-electron chi connectivity index (χ4n) is 2.31. The van der Waals surface area contributed by atoms with Crippen LogP contribution in [0.2, 0.25) is 0 Å². The number of benzene rings is 1. The number of aliphatic carboxylic acids is 1. The molecule has 2 atom stereocenters. The van der Waals surface area contributed by atoms with Crippen LogP contribution in [-0.2, 0) is 14.6 Å². The summed E-state index contributed by atoms with van der Waals surface area (Å²) in [6.07, 6.45) is 0.763. The average Bonchev–Trinajstić information content (AvgIpc) is 3.05. The van der Waals surface area contributed by atoms with Crippen LogP contribution in [-0.4, -0.2) is 24.2 Å². The quantitative estimate of drug-likeness (QED) is 0.919. The second-order valence-corrected chi connectivity index (χ2v) is 7.58. The third-order valence-corrected chi connectivity index (χ3v) is 6.56. The summed E-state index contributed by atoms with van der Waals surface area (Å²) >= 11 is 3.22. The highest BCUT2D eigenvalue weighted by Crippen LogP contribution is 2.54. The van der Waals surface area contributed by atoms with Gasteiger partial charge in [0, 0.05) is 4.47 Å². The summed E-state index contributed by atoms with van der Waals surface area (Å²) in [6, 6.07) is 6.09. The Labute approximate surface area is 114 Å². The largest absolute Gasteiger partial charge is 0.480 e. The van der Waals surface area contributed by atoms with Gasteiger partial charge < -0.3 is 5.11 Å². The third-order valence-electron chi connectivity index (χ3n) is 3.51. The molecule has 1 fully saturated rings. The molecule has 4 nitrogen and oxygen atoms in total. The van der Waals surface area contributed by atoms with E-state index < -0.39 is 20.6 Å². The Morgan fingerprint density at radius 1 is 1.44 bits per heavy atom. The molecule has 0 bridgehead atoms. The van der Waals surface area contributed by atoms with Crippen molar-refractivity contribution in [3.05, 3.63) is 28.7 Å². The maximum Gasteiger partial charge on any atom is 0.325 e. The molecule has 0 radical (unpaired) electrons. The van der Waals surface area contributed by atoms with E-state index in [4.69, 9.17) is 0 Å². The molecule has 1 N–H and O–H groups in total. The van der Waals surface area contributed by atoms with Crippen LogP contribution in [0.3, 0.4) is 0 Å². The van der Waals surface area contributed by atoms with Crippen molar-refractivity contribution >= 4 is 31.7 Å². The van der Waals surface area contributed by atoms with Gasteiger partial charge in [-0.2, -0.15) is 0 Å². The van der Waals surface area contributed by atoms with Gasteiger partial charge in [-0.1, -0.05) is 29.3 Å². The minimum Gasteiger partial charge on any atom is -0.480 e. The van der Waals surface area contributed by atoms with E-state index in [0.29, 0.717) is 6.42 Å². The van der Waals surface area contributed by atoms with E-state index in [1.165, 1.54) is 12.1 Å². The van der Waals surface area contributed by atoms with Gasteiger partial charge in [0.15, 0.2) is 14.6 Å². The number of rotatable bonds is 4. The molecule has 1 aromatic rings. The minimum atomic E-state index is -3.83. The number of hydrogen-bond donors (Lipinski definition) is 1. The van der Waals surface area contributed by atoms with E-state index in [-0.39, 0.29) is 17.2 Å². The third kappa shape index (κ3) is 1.78. The van der Waals surface area contributed by atoms with Crippen molar-refractivity contribution in [2.45, 2.75) is 29.4 Å². The van der Waals surface area contributed by atoms with Gasteiger partial charge in [0.2, 0.25) is 0 Å². The normalized spacial score (nSPS) is 26.9. The zero-order valence-corrected chi connectivity index (χ0v) is 12.2. The zero-order valence-electron chi connectivity index (χ0n) is 9.76. The number of carboxylic acids is 1. The SMILES string of the molecule is CCC1CC1(C(=O)O)S(=O)(=O)c1ccc(Br)cc1. The minimum absolute atomic E-state index is 0.0732. The Bertz CT molecular complexity index is 579. The Morgan fingerprint density at radius 3 is 2.39 bits per heavy atom. The molecule has 18 heavy (non-hydrogen) atoms. The first-order valence-corrected chi connectivity index (χ1v) is 7.87. The Hall–Kier alpha value is -0.880. The molecule has 0 aliphatic heterocycles. The van der Waals surface area contributed by atoms with Gasteiger partial charge in [-0.25, -0.2) is 8.42 Å². The first-order valence-electron chi connectivity index (χ1n) is 5.60.